The summed E-state index contributed by atoms with van der Waals surface area (Å²) in [6.45, 7) is 6.44. The molecule has 10 nitrogen and oxygen atoms in total. The van der Waals surface area contributed by atoms with Gasteiger partial charge in [0.05, 0.1) is 18.1 Å². The van der Waals surface area contributed by atoms with E-state index < -0.39 is 47.7 Å². The van der Waals surface area contributed by atoms with Crippen molar-refractivity contribution in [2.45, 2.75) is 89.2 Å². The summed E-state index contributed by atoms with van der Waals surface area (Å²) in [7, 11) is 1.72. The lowest BCUT2D eigenvalue weighted by Gasteiger charge is -2.36. The van der Waals surface area contributed by atoms with Crippen molar-refractivity contribution in [3.8, 4) is 0 Å². The van der Waals surface area contributed by atoms with Crippen LogP contribution in [0.4, 0.5) is 5.69 Å². The third kappa shape index (κ3) is 6.51. The van der Waals surface area contributed by atoms with Crippen LogP contribution in [0.2, 0.25) is 0 Å². The Bertz CT molecular complexity index is 1660. The molecule has 50 heavy (non-hydrogen) atoms. The summed E-state index contributed by atoms with van der Waals surface area (Å²) in [4.78, 5) is 62.5. The van der Waals surface area contributed by atoms with E-state index in [1.54, 1.807) is 27.8 Å². The van der Waals surface area contributed by atoms with Crippen LogP contribution in [-0.4, -0.2) is 89.1 Å². The van der Waals surface area contributed by atoms with E-state index in [-0.39, 0.29) is 37.3 Å². The molecule has 2 aromatic rings. The maximum atomic E-state index is 15.1. The maximum Gasteiger partial charge on any atom is 0.313 e. The number of aliphatic hydroxyl groups is 1. The van der Waals surface area contributed by atoms with Crippen molar-refractivity contribution in [3.63, 3.8) is 0 Å². The van der Waals surface area contributed by atoms with E-state index >= 15 is 4.79 Å². The van der Waals surface area contributed by atoms with Crippen molar-refractivity contribution in [1.29, 1.82) is 0 Å². The van der Waals surface area contributed by atoms with Crippen LogP contribution < -0.4 is 4.90 Å². The van der Waals surface area contributed by atoms with Gasteiger partial charge in [-0.05, 0) is 62.8 Å². The number of fused-ring (bicyclic) bond motifs is 2. The molecule has 2 saturated heterocycles. The van der Waals surface area contributed by atoms with Gasteiger partial charge in [-0.1, -0.05) is 79.6 Å². The van der Waals surface area contributed by atoms with Crippen LogP contribution in [0.3, 0.4) is 0 Å². The quantitative estimate of drug-likeness (QED) is 0.241. The lowest BCUT2D eigenvalue weighted by atomic mass is 9.74. The van der Waals surface area contributed by atoms with Gasteiger partial charge in [0.2, 0.25) is 11.8 Å². The number of likely N-dealkylation sites (tertiary alicyclic amines) is 1. The third-order valence-corrected chi connectivity index (χ3v) is 10.9. The van der Waals surface area contributed by atoms with E-state index in [0.717, 1.165) is 35.2 Å². The third-order valence-electron chi connectivity index (χ3n) is 10.9. The molecule has 266 valence electrons. The van der Waals surface area contributed by atoms with Crippen LogP contribution in [0.15, 0.2) is 72.8 Å². The molecule has 0 radical (unpaired) electrons. The molecule has 5 bridgehead atoms. The number of unbranched alkanes of at least 4 members (excludes halogenated alkanes) is 3. The number of allylic oxidation sites excluding steroid dienone is 1. The van der Waals surface area contributed by atoms with Crippen LogP contribution in [-0.2, 0) is 28.7 Å². The number of amides is 3. The lowest BCUT2D eigenvalue weighted by molar-refractivity contribution is -0.164. The van der Waals surface area contributed by atoms with Gasteiger partial charge in [0, 0.05) is 38.9 Å². The van der Waals surface area contributed by atoms with Gasteiger partial charge >= 0.3 is 5.97 Å². The number of benzene rings is 2. The zero-order valence-corrected chi connectivity index (χ0v) is 29.5. The number of anilines is 1. The molecule has 1 N–H and O–H groups in total. The van der Waals surface area contributed by atoms with Crippen molar-refractivity contribution >= 4 is 29.4 Å². The smallest absolute Gasteiger partial charge is 0.313 e. The highest BCUT2D eigenvalue weighted by Gasteiger charge is 2.73. The second-order valence-electron chi connectivity index (χ2n) is 14.1. The number of carbonyl (C=O) groups excluding carboxylic acids is 4. The Morgan fingerprint density at radius 3 is 2.46 bits per heavy atom. The van der Waals surface area contributed by atoms with Crippen LogP contribution in [0.25, 0.3) is 0 Å². The Morgan fingerprint density at radius 1 is 0.940 bits per heavy atom. The number of cyclic esters (lactones) is 1. The van der Waals surface area contributed by atoms with Crippen LogP contribution in [0, 0.1) is 25.7 Å². The highest BCUT2D eigenvalue weighted by atomic mass is 16.6. The number of hydrogen-bond donors (Lipinski definition) is 1. The van der Waals surface area contributed by atoms with Crippen molar-refractivity contribution in [1.82, 2.24) is 9.80 Å². The second kappa shape index (κ2) is 14.9. The zero-order chi connectivity index (χ0) is 35.6. The normalized spacial score (nSPS) is 30.6. The molecule has 0 aromatic heterocycles. The van der Waals surface area contributed by atoms with Gasteiger partial charge in [0.15, 0.2) is 0 Å². The van der Waals surface area contributed by atoms with Gasteiger partial charge in [0.1, 0.15) is 23.7 Å². The summed E-state index contributed by atoms with van der Waals surface area (Å²) in [5.74, 6) is -3.19. The fraction of sp³-hybridized carbons (Fsp3) is 0.500. The molecule has 2 aromatic carbocycles. The van der Waals surface area contributed by atoms with E-state index in [1.807, 2.05) is 87.5 Å². The minimum atomic E-state index is -1.35. The van der Waals surface area contributed by atoms with Gasteiger partial charge in [-0.2, -0.15) is 0 Å². The number of hydrogen-bond acceptors (Lipinski definition) is 7. The Labute approximate surface area is 294 Å². The van der Waals surface area contributed by atoms with Crippen LogP contribution in [0.1, 0.15) is 68.2 Å². The highest BCUT2D eigenvalue weighted by molar-refractivity contribution is 6.05. The summed E-state index contributed by atoms with van der Waals surface area (Å²) in [6, 6.07) is 13.8. The topological polar surface area (TPSA) is 117 Å². The number of carbonyl (C=O) groups is 4. The lowest BCUT2D eigenvalue weighted by Crippen LogP contribution is -2.56. The maximum absolute atomic E-state index is 15.1. The fourth-order valence-corrected chi connectivity index (χ4v) is 8.07. The van der Waals surface area contributed by atoms with E-state index in [9.17, 15) is 19.5 Å². The number of ether oxygens (including phenoxy) is 2. The summed E-state index contributed by atoms with van der Waals surface area (Å²) in [5.41, 5.74) is 2.02. The Hall–Kier alpha value is -4.28. The van der Waals surface area contributed by atoms with Crippen LogP contribution >= 0.6 is 0 Å². The monoisotopic (exact) mass is 683 g/mol. The second-order valence-corrected chi connectivity index (χ2v) is 14.1. The van der Waals surface area contributed by atoms with Gasteiger partial charge in [-0.25, -0.2) is 0 Å². The first kappa shape index (κ1) is 35.5. The SMILES string of the molecule is Cc1ccc(C)c(N2C/C=C\CCC(=O)N(C)[C@@H](C)[C@H](c3ccccc3)OC(=O)[C@@H]3[C@H]4C(=O)N(CCCCCCO)[C@H](C2=O)[C@]42C=C[C@H]3O2)c1. The van der Waals surface area contributed by atoms with Gasteiger partial charge in [-0.3, -0.25) is 19.2 Å². The van der Waals surface area contributed by atoms with E-state index in [2.05, 4.69) is 0 Å². The van der Waals surface area contributed by atoms with Crippen molar-refractivity contribution in [2.75, 3.05) is 31.6 Å². The summed E-state index contributed by atoms with van der Waals surface area (Å²) >= 11 is 0. The van der Waals surface area contributed by atoms with Crippen molar-refractivity contribution in [2.24, 2.45) is 11.8 Å². The first-order valence-electron chi connectivity index (χ1n) is 17.9. The molecular weight excluding hydrogens is 634 g/mol. The summed E-state index contributed by atoms with van der Waals surface area (Å²) in [5, 5.41) is 9.30. The van der Waals surface area contributed by atoms with E-state index in [4.69, 9.17) is 9.47 Å². The van der Waals surface area contributed by atoms with E-state index in [1.165, 1.54) is 0 Å². The summed E-state index contributed by atoms with van der Waals surface area (Å²) < 4.78 is 13.0. The average molecular weight is 684 g/mol. The number of aryl methyl sites for hydroxylation is 2. The average Bonchev–Trinajstić information content (AvgIpc) is 3.76. The molecule has 0 aliphatic carbocycles. The predicted molar refractivity (Wildman–Crippen MR) is 189 cm³/mol. The molecule has 4 heterocycles. The molecule has 1 spiro atoms. The highest BCUT2D eigenvalue weighted by Crippen LogP contribution is 2.56. The Morgan fingerprint density at radius 2 is 1.70 bits per heavy atom. The number of esters is 1. The minimum Gasteiger partial charge on any atom is -0.455 e. The Kier molecular flexibility index (Phi) is 10.6. The molecular formula is C40H49N3O7. The Balaban J connectivity index is 1.44. The minimum absolute atomic E-state index is 0.0973. The molecule has 10 heteroatoms. The molecule has 3 amide bonds. The van der Waals surface area contributed by atoms with Crippen LogP contribution in [0.5, 0.6) is 0 Å². The molecule has 4 aliphatic heterocycles. The van der Waals surface area contributed by atoms with E-state index in [0.29, 0.717) is 25.8 Å². The van der Waals surface area contributed by atoms with Gasteiger partial charge in [-0.15, -0.1) is 0 Å². The molecule has 0 saturated carbocycles. The first-order valence-corrected chi connectivity index (χ1v) is 17.9. The molecule has 0 unspecified atom stereocenters. The largest absolute Gasteiger partial charge is 0.455 e. The number of nitrogens with zero attached hydrogens (tertiary/aromatic N) is 3. The molecule has 2 fully saturated rings. The number of aliphatic hydroxyl groups excluding tert-OH is 1. The molecule has 6 rings (SSSR count). The van der Waals surface area contributed by atoms with Crippen molar-refractivity contribution in [3.05, 3.63) is 89.5 Å². The van der Waals surface area contributed by atoms with Crippen molar-refractivity contribution < 1.29 is 33.8 Å². The first-order chi connectivity index (χ1) is 24.1. The standard InChI is InChI=1S/C40H49N3O7/c1-26-18-19-27(2)30(25-26)42-22-13-8-11-17-32(45)41(4)28(3)35(29-15-9-7-10-16-29)49-39(48)33-31-20-21-40(50-31)34(33)37(46)43(36(40)38(42)47)23-12-5-6-14-24-44/h7-10,13,15-16,18-21,25,28,31,33-36,44H,5-6,11-12,14,17,22-24H2,1-4H3/b13-8-/t28-,31+,33-,34-,35+,36+,40-/m0/s1. The molecule has 4 aliphatic rings. The number of rotatable bonds is 8. The van der Waals surface area contributed by atoms with Gasteiger partial charge < -0.3 is 29.3 Å². The number of likely N-dealkylation sites (N-methyl/N-ethyl adjacent to an activating group) is 1. The molecule has 7 atom stereocenters. The fourth-order valence-electron chi connectivity index (χ4n) is 8.07. The zero-order valence-electron chi connectivity index (χ0n) is 29.5. The predicted octanol–water partition coefficient (Wildman–Crippen LogP) is 4.82. The van der Waals surface area contributed by atoms with Gasteiger partial charge in [0.25, 0.3) is 5.91 Å². The summed E-state index contributed by atoms with van der Waals surface area (Å²) in [6.07, 6.45) is 9.51.